The maximum absolute atomic E-state index is 12.6. The van der Waals surface area contributed by atoms with E-state index in [4.69, 9.17) is 0 Å². The number of alkyl halides is 5. The molecule has 0 spiro atoms. The highest BCUT2D eigenvalue weighted by molar-refractivity contribution is 14.1. The fourth-order valence-electron chi connectivity index (χ4n) is 1.03. The van der Waals surface area contributed by atoms with Gasteiger partial charge in [-0.2, -0.15) is 0 Å². The van der Waals surface area contributed by atoms with Gasteiger partial charge < -0.3 is 4.74 Å². The molecule has 0 aliphatic rings. The van der Waals surface area contributed by atoms with E-state index in [1.807, 2.05) is 0 Å². The molecule has 1 heterocycles. The van der Waals surface area contributed by atoms with Crippen LogP contribution in [0.4, 0.5) is 27.6 Å². The molecule has 0 aliphatic heterocycles. The molecule has 0 N–H and O–H groups in total. The molecule has 5 nitrogen and oxygen atoms in total. The van der Waals surface area contributed by atoms with E-state index in [9.17, 15) is 32.1 Å². The quantitative estimate of drug-likeness (QED) is 0.263. The van der Waals surface area contributed by atoms with Crippen LogP contribution in [-0.2, 0) is 0 Å². The molecule has 0 aliphatic carbocycles. The van der Waals surface area contributed by atoms with Crippen LogP contribution in [-0.4, -0.2) is 16.3 Å². The molecule has 0 amide bonds. The van der Waals surface area contributed by atoms with Crippen LogP contribution in [0.5, 0.6) is 5.88 Å². The first kappa shape index (κ1) is 14.8. The van der Waals surface area contributed by atoms with Crippen molar-refractivity contribution in [2.75, 3.05) is 0 Å². The summed E-state index contributed by atoms with van der Waals surface area (Å²) in [4.78, 5) is 12.4. The van der Waals surface area contributed by atoms with Gasteiger partial charge in [0.1, 0.15) is 3.70 Å². The first-order chi connectivity index (χ1) is 8.11. The van der Waals surface area contributed by atoms with Crippen molar-refractivity contribution >= 4 is 28.3 Å². The first-order valence-electron chi connectivity index (χ1n) is 4.00. The van der Waals surface area contributed by atoms with Crippen LogP contribution in [0.2, 0.25) is 0 Å². The first-order valence-corrected chi connectivity index (χ1v) is 5.08. The third-order valence-corrected chi connectivity index (χ3v) is 2.15. The van der Waals surface area contributed by atoms with Crippen LogP contribution in [0.1, 0.15) is 12.0 Å². The Hall–Kier alpha value is -1.27. The number of nitrogens with zero attached hydrogens (tertiary/aromatic N) is 2. The Bertz CT molecular complexity index is 479. The van der Waals surface area contributed by atoms with Crippen molar-refractivity contribution in [1.82, 2.24) is 4.98 Å². The lowest BCUT2D eigenvalue weighted by atomic mass is 10.2. The van der Waals surface area contributed by atoms with Gasteiger partial charge in [-0.15, -0.1) is 13.2 Å². The van der Waals surface area contributed by atoms with Gasteiger partial charge in [-0.3, -0.25) is 10.1 Å². The molecule has 1 aromatic rings. The number of ether oxygens (including phenoxy) is 1. The predicted molar refractivity (Wildman–Crippen MR) is 55.2 cm³/mol. The Morgan fingerprint density at radius 3 is 2.39 bits per heavy atom. The van der Waals surface area contributed by atoms with E-state index in [1.54, 1.807) is 0 Å². The van der Waals surface area contributed by atoms with Crippen molar-refractivity contribution in [3.05, 3.63) is 25.4 Å². The second-order valence-corrected chi connectivity index (χ2v) is 3.89. The van der Waals surface area contributed by atoms with Gasteiger partial charge in [0.2, 0.25) is 5.88 Å². The largest absolute Gasteiger partial charge is 0.574 e. The van der Waals surface area contributed by atoms with Gasteiger partial charge in [0.05, 0.1) is 4.92 Å². The van der Waals surface area contributed by atoms with E-state index in [0.717, 1.165) is 0 Å². The van der Waals surface area contributed by atoms with E-state index in [0.29, 0.717) is 6.07 Å². The lowest BCUT2D eigenvalue weighted by Gasteiger charge is -2.12. The zero-order valence-corrected chi connectivity index (χ0v) is 10.2. The van der Waals surface area contributed by atoms with Gasteiger partial charge >= 0.3 is 6.36 Å². The van der Waals surface area contributed by atoms with Crippen molar-refractivity contribution in [3.8, 4) is 5.88 Å². The molecule has 100 valence electrons. The second-order valence-electron chi connectivity index (χ2n) is 2.79. The molecule has 18 heavy (non-hydrogen) atoms. The molecule has 1 rings (SSSR count). The lowest BCUT2D eigenvalue weighted by Crippen LogP contribution is -2.20. The molecule has 0 bridgehead atoms. The average molecular weight is 384 g/mol. The fourth-order valence-corrected chi connectivity index (χ4v) is 1.55. The van der Waals surface area contributed by atoms with Crippen molar-refractivity contribution < 1.29 is 31.6 Å². The number of hydrogen-bond acceptors (Lipinski definition) is 4. The molecule has 0 saturated carbocycles. The maximum atomic E-state index is 12.6. The summed E-state index contributed by atoms with van der Waals surface area (Å²) in [5, 5.41) is 10.5. The highest BCUT2D eigenvalue weighted by Crippen LogP contribution is 2.38. The monoisotopic (exact) mass is 384 g/mol. The molecular weight excluding hydrogens is 382 g/mol. The van der Waals surface area contributed by atoms with Gasteiger partial charge in [-0.1, -0.05) is 0 Å². The van der Waals surface area contributed by atoms with Crippen LogP contribution < -0.4 is 4.74 Å². The minimum Gasteiger partial charge on any atom is -0.387 e. The number of rotatable bonds is 3. The minimum atomic E-state index is -5.27. The maximum Gasteiger partial charge on any atom is 0.574 e. The topological polar surface area (TPSA) is 65.3 Å². The van der Waals surface area contributed by atoms with Gasteiger partial charge in [0.25, 0.3) is 12.1 Å². The summed E-state index contributed by atoms with van der Waals surface area (Å²) in [7, 11) is 0. The third-order valence-electron chi connectivity index (χ3n) is 1.60. The number of nitro groups is 1. The minimum absolute atomic E-state index is 0.275. The average Bonchev–Trinajstić information content (AvgIpc) is 2.12. The number of pyridine rings is 1. The lowest BCUT2D eigenvalue weighted by molar-refractivity contribution is -0.386. The standard InChI is InChI=1S/C7H2F5IN2O3/c8-5(9)4-2(15(16)17)1-3(13)14-6(4)18-7(10,11)12/h1,5H. The van der Waals surface area contributed by atoms with E-state index in [-0.39, 0.29) is 3.70 Å². The summed E-state index contributed by atoms with van der Waals surface area (Å²) in [6, 6.07) is 0.630. The van der Waals surface area contributed by atoms with Crippen molar-refractivity contribution in [2.24, 2.45) is 0 Å². The van der Waals surface area contributed by atoms with Gasteiger partial charge in [0.15, 0.2) is 5.56 Å². The van der Waals surface area contributed by atoms with Gasteiger partial charge in [-0.05, 0) is 22.6 Å². The van der Waals surface area contributed by atoms with Crippen LogP contribution in [0.15, 0.2) is 6.07 Å². The highest BCUT2D eigenvalue weighted by Gasteiger charge is 2.37. The Morgan fingerprint density at radius 2 is 2.00 bits per heavy atom. The number of halogens is 6. The van der Waals surface area contributed by atoms with Crippen LogP contribution in [0.3, 0.4) is 0 Å². The van der Waals surface area contributed by atoms with Crippen molar-refractivity contribution in [3.63, 3.8) is 0 Å². The summed E-state index contributed by atoms with van der Waals surface area (Å²) >= 11 is 1.35. The van der Waals surface area contributed by atoms with Gasteiger partial charge in [0, 0.05) is 6.07 Å². The normalized spacial score (nSPS) is 11.7. The summed E-state index contributed by atoms with van der Waals surface area (Å²) in [6.45, 7) is 0. The fraction of sp³-hybridized carbons (Fsp3) is 0.286. The van der Waals surface area contributed by atoms with Crippen LogP contribution in [0.25, 0.3) is 0 Å². The van der Waals surface area contributed by atoms with E-state index in [2.05, 4.69) is 9.72 Å². The summed E-state index contributed by atoms with van der Waals surface area (Å²) in [6.07, 6.45) is -8.79. The zero-order chi connectivity index (χ0) is 14.1. The molecular formula is C7H2F5IN2O3. The Kier molecular flexibility index (Phi) is 4.24. The smallest absolute Gasteiger partial charge is 0.387 e. The summed E-state index contributed by atoms with van der Waals surface area (Å²) < 4.78 is 64.0. The summed E-state index contributed by atoms with van der Waals surface area (Å²) in [5.41, 5.74) is -2.68. The van der Waals surface area contributed by atoms with Crippen LogP contribution in [0, 0.1) is 13.8 Å². The SMILES string of the molecule is O=[N+]([O-])c1cc(I)nc(OC(F)(F)F)c1C(F)F. The predicted octanol–water partition coefficient (Wildman–Crippen LogP) is 3.43. The number of aromatic nitrogens is 1. The van der Waals surface area contributed by atoms with Crippen LogP contribution >= 0.6 is 22.6 Å². The Morgan fingerprint density at radius 1 is 1.44 bits per heavy atom. The molecule has 1 aromatic heterocycles. The molecule has 0 fully saturated rings. The molecule has 0 unspecified atom stereocenters. The molecule has 0 saturated heterocycles. The van der Waals surface area contributed by atoms with E-state index >= 15 is 0 Å². The molecule has 0 aromatic carbocycles. The van der Waals surface area contributed by atoms with Gasteiger partial charge in [-0.25, -0.2) is 13.8 Å². The van der Waals surface area contributed by atoms with Crippen molar-refractivity contribution in [1.29, 1.82) is 0 Å². The summed E-state index contributed by atoms with van der Waals surface area (Å²) in [5.74, 6) is -1.52. The molecule has 0 radical (unpaired) electrons. The zero-order valence-electron chi connectivity index (χ0n) is 8.04. The Labute approximate surface area is 109 Å². The molecule has 11 heteroatoms. The van der Waals surface area contributed by atoms with E-state index in [1.165, 1.54) is 22.6 Å². The number of hydrogen-bond donors (Lipinski definition) is 0. The second kappa shape index (κ2) is 5.16. The third kappa shape index (κ3) is 3.61. The highest BCUT2D eigenvalue weighted by atomic mass is 127. The van der Waals surface area contributed by atoms with E-state index < -0.39 is 34.8 Å². The molecule has 0 atom stereocenters. The van der Waals surface area contributed by atoms with Crippen molar-refractivity contribution in [2.45, 2.75) is 12.8 Å². The Balaban J connectivity index is 3.44.